The van der Waals surface area contributed by atoms with Crippen molar-refractivity contribution in [3.8, 4) is 6.07 Å². The van der Waals surface area contributed by atoms with Gasteiger partial charge in [0, 0.05) is 18.7 Å². The number of nitriles is 1. The topological polar surface area (TPSA) is 109 Å². The molecule has 2 rings (SSSR count). The maximum atomic E-state index is 12.6. The van der Waals surface area contributed by atoms with E-state index < -0.39 is 35.5 Å². The van der Waals surface area contributed by atoms with E-state index in [1.165, 1.54) is 17.0 Å². The lowest BCUT2D eigenvalue weighted by atomic mass is 10.0. The Kier molecular flexibility index (Phi) is 6.62. The van der Waals surface area contributed by atoms with Crippen molar-refractivity contribution in [3.05, 3.63) is 35.4 Å². The molecule has 0 bridgehead atoms. The molecule has 8 heteroatoms. The largest absolute Gasteiger partial charge is 0.466 e. The fraction of sp³-hybridized carbons (Fsp3) is 0.500. The maximum Gasteiger partial charge on any atom is 0.410 e. The van der Waals surface area contributed by atoms with Crippen molar-refractivity contribution in [2.24, 2.45) is 5.92 Å². The summed E-state index contributed by atoms with van der Waals surface area (Å²) in [6.45, 7) is 7.42. The molecule has 0 saturated carbocycles. The number of nitrogens with one attached hydrogen (secondary N) is 1. The zero-order valence-electron chi connectivity index (χ0n) is 16.5. The van der Waals surface area contributed by atoms with Crippen LogP contribution in [0.15, 0.2) is 24.3 Å². The van der Waals surface area contributed by atoms with E-state index in [2.05, 4.69) is 5.32 Å². The minimum atomic E-state index is -0.685. The van der Waals surface area contributed by atoms with E-state index in [0.29, 0.717) is 11.1 Å². The van der Waals surface area contributed by atoms with E-state index in [0.717, 1.165) is 0 Å². The quantitative estimate of drug-likeness (QED) is 0.793. The predicted molar refractivity (Wildman–Crippen MR) is 100 cm³/mol. The zero-order chi connectivity index (χ0) is 20.9. The number of likely N-dealkylation sites (tertiary alicyclic amines) is 1. The number of benzene rings is 1. The second kappa shape index (κ2) is 8.74. The lowest BCUT2D eigenvalue weighted by molar-refractivity contribution is -0.148. The summed E-state index contributed by atoms with van der Waals surface area (Å²) in [6, 6.07) is 7.54. The molecule has 1 aromatic carbocycles. The number of carbonyl (C=O) groups excluding carboxylic acids is 3. The number of amides is 2. The third kappa shape index (κ3) is 5.46. The molecule has 28 heavy (non-hydrogen) atoms. The van der Waals surface area contributed by atoms with Crippen LogP contribution in [-0.4, -0.2) is 54.2 Å². The van der Waals surface area contributed by atoms with Crippen LogP contribution in [0.2, 0.25) is 0 Å². The number of ether oxygens (including phenoxy) is 2. The van der Waals surface area contributed by atoms with Gasteiger partial charge in [-0.05, 0) is 52.0 Å². The summed E-state index contributed by atoms with van der Waals surface area (Å²) in [5.74, 6) is -1.55. The molecule has 1 N–H and O–H groups in total. The molecule has 0 aromatic heterocycles. The maximum absolute atomic E-state index is 12.6. The molecule has 0 spiro atoms. The third-order valence-electron chi connectivity index (χ3n) is 4.15. The van der Waals surface area contributed by atoms with E-state index in [1.54, 1.807) is 39.8 Å². The lowest BCUT2D eigenvalue weighted by Crippen LogP contribution is -2.43. The van der Waals surface area contributed by atoms with E-state index in [1.807, 2.05) is 6.07 Å². The average Bonchev–Trinajstić information content (AvgIpc) is 3.04. The van der Waals surface area contributed by atoms with Gasteiger partial charge in [0.1, 0.15) is 5.60 Å². The Morgan fingerprint density at radius 2 is 1.86 bits per heavy atom. The second-order valence-electron chi connectivity index (χ2n) is 7.51. The fourth-order valence-corrected chi connectivity index (χ4v) is 2.86. The van der Waals surface area contributed by atoms with Gasteiger partial charge < -0.3 is 19.7 Å². The van der Waals surface area contributed by atoms with Crippen LogP contribution in [0.3, 0.4) is 0 Å². The van der Waals surface area contributed by atoms with Crippen molar-refractivity contribution >= 4 is 18.0 Å². The Balaban J connectivity index is 2.13. The highest BCUT2D eigenvalue weighted by Crippen LogP contribution is 2.22. The summed E-state index contributed by atoms with van der Waals surface area (Å²) in [5.41, 5.74) is 0.135. The average molecular weight is 387 g/mol. The Labute approximate surface area is 164 Å². The molecule has 2 atom stereocenters. The highest BCUT2D eigenvalue weighted by atomic mass is 16.6. The molecule has 0 radical (unpaired) electrons. The minimum absolute atomic E-state index is 0.103. The van der Waals surface area contributed by atoms with Gasteiger partial charge >= 0.3 is 12.1 Å². The first-order valence-electron chi connectivity index (χ1n) is 9.10. The molecule has 8 nitrogen and oxygen atoms in total. The van der Waals surface area contributed by atoms with Crippen molar-refractivity contribution in [2.45, 2.75) is 39.3 Å². The van der Waals surface area contributed by atoms with Crippen LogP contribution in [-0.2, 0) is 14.3 Å². The van der Waals surface area contributed by atoms with Gasteiger partial charge in [-0.1, -0.05) is 0 Å². The molecule has 1 heterocycles. The SMILES string of the molecule is CCOC(=O)C1CN(C(=O)OC(C)(C)C)CC1NC(=O)c1ccc(C#N)cc1. The molecule has 1 aliphatic heterocycles. The molecule has 1 fully saturated rings. The molecule has 1 aliphatic rings. The van der Waals surface area contributed by atoms with Gasteiger partial charge in [0.2, 0.25) is 0 Å². The van der Waals surface area contributed by atoms with Crippen molar-refractivity contribution in [3.63, 3.8) is 0 Å². The van der Waals surface area contributed by atoms with E-state index in [-0.39, 0.29) is 19.7 Å². The summed E-state index contributed by atoms with van der Waals surface area (Å²) < 4.78 is 10.5. The monoisotopic (exact) mass is 387 g/mol. The molecule has 1 aromatic rings. The van der Waals surface area contributed by atoms with Crippen molar-refractivity contribution < 1.29 is 23.9 Å². The summed E-state index contributed by atoms with van der Waals surface area (Å²) in [6.07, 6.45) is -0.545. The first-order chi connectivity index (χ1) is 13.1. The fourth-order valence-electron chi connectivity index (χ4n) is 2.86. The van der Waals surface area contributed by atoms with Gasteiger partial charge in [0.25, 0.3) is 5.91 Å². The molecule has 0 aliphatic carbocycles. The molecule has 150 valence electrons. The number of hydrogen-bond donors (Lipinski definition) is 1. The zero-order valence-corrected chi connectivity index (χ0v) is 16.5. The van der Waals surface area contributed by atoms with Gasteiger partial charge in [-0.25, -0.2) is 4.79 Å². The van der Waals surface area contributed by atoms with Gasteiger partial charge in [0.05, 0.1) is 30.2 Å². The minimum Gasteiger partial charge on any atom is -0.466 e. The number of hydrogen-bond acceptors (Lipinski definition) is 6. The highest BCUT2D eigenvalue weighted by Gasteiger charge is 2.42. The van der Waals surface area contributed by atoms with Gasteiger partial charge in [0.15, 0.2) is 0 Å². The second-order valence-corrected chi connectivity index (χ2v) is 7.51. The number of rotatable bonds is 4. The molecule has 1 saturated heterocycles. The highest BCUT2D eigenvalue weighted by molar-refractivity contribution is 5.95. The van der Waals surface area contributed by atoms with Crippen molar-refractivity contribution in [1.29, 1.82) is 5.26 Å². The Morgan fingerprint density at radius 3 is 2.39 bits per heavy atom. The Hall–Kier alpha value is -3.08. The van der Waals surface area contributed by atoms with Gasteiger partial charge in [-0.3, -0.25) is 9.59 Å². The van der Waals surface area contributed by atoms with E-state index in [9.17, 15) is 14.4 Å². The number of esters is 1. The number of nitrogens with zero attached hydrogens (tertiary/aromatic N) is 2. The van der Waals surface area contributed by atoms with E-state index >= 15 is 0 Å². The first-order valence-corrected chi connectivity index (χ1v) is 9.10. The van der Waals surface area contributed by atoms with Crippen LogP contribution >= 0.6 is 0 Å². The smallest absolute Gasteiger partial charge is 0.410 e. The van der Waals surface area contributed by atoms with Crippen LogP contribution in [0, 0.1) is 17.2 Å². The van der Waals surface area contributed by atoms with Gasteiger partial charge in [-0.2, -0.15) is 5.26 Å². The third-order valence-corrected chi connectivity index (χ3v) is 4.15. The summed E-state index contributed by atoms with van der Waals surface area (Å²) in [7, 11) is 0. The Bertz CT molecular complexity index is 777. The summed E-state index contributed by atoms with van der Waals surface area (Å²) in [5, 5.41) is 11.7. The Morgan fingerprint density at radius 1 is 1.21 bits per heavy atom. The normalized spacial score (nSPS) is 18.9. The molecule has 2 unspecified atom stereocenters. The molecular weight excluding hydrogens is 362 g/mol. The number of carbonyl (C=O) groups is 3. The first kappa shape index (κ1) is 21.2. The summed E-state index contributed by atoms with van der Waals surface area (Å²) >= 11 is 0. The molecule has 2 amide bonds. The van der Waals surface area contributed by atoms with Crippen LogP contribution in [0.5, 0.6) is 0 Å². The van der Waals surface area contributed by atoms with Gasteiger partial charge in [-0.15, -0.1) is 0 Å². The van der Waals surface area contributed by atoms with Crippen LogP contribution in [0.1, 0.15) is 43.6 Å². The molecular formula is C20H25N3O5. The standard InChI is InChI=1S/C20H25N3O5/c1-5-27-18(25)15-11-23(19(26)28-20(2,3)4)12-16(15)22-17(24)14-8-6-13(10-21)7-9-14/h6-9,15-16H,5,11-12H2,1-4H3,(H,22,24). The van der Waals surface area contributed by atoms with Crippen molar-refractivity contribution in [1.82, 2.24) is 10.2 Å². The summed E-state index contributed by atoms with van der Waals surface area (Å²) in [4.78, 5) is 38.6. The predicted octanol–water partition coefficient (Wildman–Crippen LogP) is 2.09. The van der Waals surface area contributed by atoms with Crippen LogP contribution in [0.4, 0.5) is 4.79 Å². The van der Waals surface area contributed by atoms with Crippen LogP contribution in [0.25, 0.3) is 0 Å². The lowest BCUT2D eigenvalue weighted by Gasteiger charge is -2.24. The van der Waals surface area contributed by atoms with E-state index in [4.69, 9.17) is 14.7 Å². The van der Waals surface area contributed by atoms with Crippen LogP contribution < -0.4 is 5.32 Å². The van der Waals surface area contributed by atoms with Crippen molar-refractivity contribution in [2.75, 3.05) is 19.7 Å².